The van der Waals surface area contributed by atoms with Crippen molar-refractivity contribution in [3.05, 3.63) is 59.7 Å². The fraction of sp³-hybridized carbons (Fsp3) is 0.333. The summed E-state index contributed by atoms with van der Waals surface area (Å²) in [6, 6.07) is 12.0. The lowest BCUT2D eigenvalue weighted by molar-refractivity contribution is -0.0440. The quantitative estimate of drug-likeness (QED) is 0.646. The summed E-state index contributed by atoms with van der Waals surface area (Å²) in [4.78, 5) is 23.5. The summed E-state index contributed by atoms with van der Waals surface area (Å²) in [6.45, 7) is 4.12. The first-order chi connectivity index (χ1) is 14.2. The minimum atomic E-state index is -3.74. The number of Topliss-reactive ketones (excluding diaryl/α,β-unsaturated/α-hetero) is 1. The molecule has 0 aromatic heterocycles. The predicted molar refractivity (Wildman–Crippen MR) is 111 cm³/mol. The Morgan fingerprint density at radius 2 is 1.70 bits per heavy atom. The lowest BCUT2D eigenvalue weighted by Gasteiger charge is -2.34. The third-order valence-electron chi connectivity index (χ3n) is 4.76. The SMILES string of the molecule is CC1CN(S(=O)(=O)c2cccc(C(=O)CNc3ccc(C(=O)O)cc3)c2)CC(C)O1. The molecule has 0 spiro atoms. The molecule has 2 aromatic carbocycles. The van der Waals surface area contributed by atoms with E-state index in [1.165, 1.54) is 28.6 Å². The molecule has 2 unspecified atom stereocenters. The Labute approximate surface area is 175 Å². The highest BCUT2D eigenvalue weighted by Crippen LogP contribution is 2.22. The molecule has 0 aliphatic carbocycles. The average Bonchev–Trinajstić information content (AvgIpc) is 2.71. The van der Waals surface area contributed by atoms with Gasteiger partial charge in [-0.1, -0.05) is 12.1 Å². The van der Waals surface area contributed by atoms with Crippen LogP contribution in [0.5, 0.6) is 0 Å². The number of anilines is 1. The number of aromatic carboxylic acids is 1. The molecule has 0 radical (unpaired) electrons. The fourth-order valence-electron chi connectivity index (χ4n) is 3.32. The summed E-state index contributed by atoms with van der Waals surface area (Å²) < 4.78 is 33.0. The van der Waals surface area contributed by atoms with Crippen molar-refractivity contribution in [3.8, 4) is 0 Å². The van der Waals surface area contributed by atoms with Crippen molar-refractivity contribution in [1.29, 1.82) is 0 Å². The van der Waals surface area contributed by atoms with Crippen LogP contribution in [0.3, 0.4) is 0 Å². The number of hydrogen-bond acceptors (Lipinski definition) is 6. The van der Waals surface area contributed by atoms with Crippen LogP contribution >= 0.6 is 0 Å². The van der Waals surface area contributed by atoms with Gasteiger partial charge in [-0.2, -0.15) is 4.31 Å². The van der Waals surface area contributed by atoms with Crippen LogP contribution in [-0.4, -0.2) is 61.4 Å². The van der Waals surface area contributed by atoms with Gasteiger partial charge in [-0.05, 0) is 50.2 Å². The molecule has 0 saturated carbocycles. The van der Waals surface area contributed by atoms with Crippen molar-refractivity contribution in [2.75, 3.05) is 25.0 Å². The standard InChI is InChI=1S/C21H24N2O6S/c1-14-12-23(13-15(2)29-14)30(27,28)19-5-3-4-17(10-19)20(24)11-22-18-8-6-16(7-9-18)21(25)26/h3-10,14-15,22H,11-13H2,1-2H3,(H,25,26). The number of carbonyl (C=O) groups excluding carboxylic acids is 1. The Hall–Kier alpha value is -2.75. The number of nitrogens with zero attached hydrogens (tertiary/aromatic N) is 1. The van der Waals surface area contributed by atoms with Gasteiger partial charge < -0.3 is 15.2 Å². The minimum absolute atomic E-state index is 0.0540. The summed E-state index contributed by atoms with van der Waals surface area (Å²) in [7, 11) is -3.74. The monoisotopic (exact) mass is 432 g/mol. The molecule has 30 heavy (non-hydrogen) atoms. The molecule has 2 aromatic rings. The molecule has 1 heterocycles. The molecule has 1 saturated heterocycles. The van der Waals surface area contributed by atoms with Crippen molar-refractivity contribution in [3.63, 3.8) is 0 Å². The fourth-order valence-corrected chi connectivity index (χ4v) is 4.96. The first-order valence-electron chi connectivity index (χ1n) is 9.53. The number of benzene rings is 2. The van der Waals surface area contributed by atoms with Crippen LogP contribution in [0, 0.1) is 0 Å². The van der Waals surface area contributed by atoms with E-state index in [1.54, 1.807) is 24.3 Å². The second kappa shape index (κ2) is 8.95. The molecular weight excluding hydrogens is 408 g/mol. The number of carboxylic acids is 1. The van der Waals surface area contributed by atoms with Crippen LogP contribution in [0.15, 0.2) is 53.4 Å². The van der Waals surface area contributed by atoms with Crippen molar-refractivity contribution in [2.24, 2.45) is 0 Å². The highest BCUT2D eigenvalue weighted by atomic mass is 32.2. The van der Waals surface area contributed by atoms with Crippen LogP contribution in [0.2, 0.25) is 0 Å². The van der Waals surface area contributed by atoms with Crippen molar-refractivity contribution in [2.45, 2.75) is 31.0 Å². The van der Waals surface area contributed by atoms with Gasteiger partial charge in [0.25, 0.3) is 0 Å². The first-order valence-corrected chi connectivity index (χ1v) is 11.0. The Morgan fingerprint density at radius 1 is 1.07 bits per heavy atom. The van der Waals surface area contributed by atoms with E-state index < -0.39 is 16.0 Å². The number of carboxylic acid groups (broad SMARTS) is 1. The molecule has 0 amide bonds. The maximum absolute atomic E-state index is 13.0. The molecular formula is C21H24N2O6S. The van der Waals surface area contributed by atoms with Gasteiger partial charge in [-0.15, -0.1) is 0 Å². The zero-order chi connectivity index (χ0) is 21.9. The highest BCUT2D eigenvalue weighted by Gasteiger charge is 2.32. The Morgan fingerprint density at radius 3 is 2.30 bits per heavy atom. The van der Waals surface area contributed by atoms with Crippen LogP contribution in [0.25, 0.3) is 0 Å². The largest absolute Gasteiger partial charge is 0.478 e. The van der Waals surface area contributed by atoms with Crippen molar-refractivity contribution >= 4 is 27.5 Å². The molecule has 0 bridgehead atoms. The number of sulfonamides is 1. The second-order valence-corrected chi connectivity index (χ2v) is 9.20. The third-order valence-corrected chi connectivity index (χ3v) is 6.59. The average molecular weight is 432 g/mol. The van der Waals surface area contributed by atoms with E-state index in [4.69, 9.17) is 9.84 Å². The van der Waals surface area contributed by atoms with Gasteiger partial charge >= 0.3 is 5.97 Å². The number of carbonyl (C=O) groups is 2. The molecule has 8 nitrogen and oxygen atoms in total. The number of ketones is 1. The van der Waals surface area contributed by atoms with Gasteiger partial charge in [0.05, 0.1) is 29.2 Å². The number of ether oxygens (including phenoxy) is 1. The van der Waals surface area contributed by atoms with Crippen molar-refractivity contribution < 1.29 is 27.9 Å². The smallest absolute Gasteiger partial charge is 0.335 e. The van der Waals surface area contributed by atoms with Crippen LogP contribution < -0.4 is 5.32 Å². The van der Waals surface area contributed by atoms with E-state index in [0.29, 0.717) is 5.69 Å². The normalized spacial score (nSPS) is 19.9. The molecule has 160 valence electrons. The van der Waals surface area contributed by atoms with E-state index in [2.05, 4.69) is 5.32 Å². The number of nitrogens with one attached hydrogen (secondary N) is 1. The van der Waals surface area contributed by atoms with Gasteiger partial charge in [0, 0.05) is 24.3 Å². The Bertz CT molecular complexity index is 1030. The van der Waals surface area contributed by atoms with E-state index in [0.717, 1.165) is 0 Å². The third kappa shape index (κ3) is 5.05. The first kappa shape index (κ1) is 21.9. The van der Waals surface area contributed by atoms with Gasteiger partial charge in [-0.3, -0.25) is 4.79 Å². The zero-order valence-corrected chi connectivity index (χ0v) is 17.6. The van der Waals surface area contributed by atoms with Gasteiger partial charge in [0.15, 0.2) is 5.78 Å². The number of hydrogen-bond donors (Lipinski definition) is 2. The molecule has 3 rings (SSSR count). The topological polar surface area (TPSA) is 113 Å². The van der Waals surface area contributed by atoms with Gasteiger partial charge in [0.2, 0.25) is 10.0 Å². The lowest BCUT2D eigenvalue weighted by atomic mass is 10.1. The van der Waals surface area contributed by atoms with Crippen LogP contribution in [0.4, 0.5) is 5.69 Å². The van der Waals surface area contributed by atoms with Crippen molar-refractivity contribution in [1.82, 2.24) is 4.31 Å². The van der Waals surface area contributed by atoms with Gasteiger partial charge in [0.1, 0.15) is 0 Å². The number of rotatable bonds is 7. The van der Waals surface area contributed by atoms with E-state index in [9.17, 15) is 18.0 Å². The predicted octanol–water partition coefficient (Wildman–Crippen LogP) is 2.48. The second-order valence-electron chi connectivity index (χ2n) is 7.27. The molecule has 1 aliphatic heterocycles. The number of morpholine rings is 1. The summed E-state index contributed by atoms with van der Waals surface area (Å²) >= 11 is 0. The van der Waals surface area contributed by atoms with Crippen LogP contribution in [0.1, 0.15) is 34.6 Å². The summed E-state index contributed by atoms with van der Waals surface area (Å²) in [5.41, 5.74) is 1.02. The molecule has 9 heteroatoms. The van der Waals surface area contributed by atoms with Gasteiger partial charge in [-0.25, -0.2) is 13.2 Å². The summed E-state index contributed by atoms with van der Waals surface area (Å²) in [5.74, 6) is -1.31. The maximum Gasteiger partial charge on any atom is 0.335 e. The Balaban J connectivity index is 1.71. The maximum atomic E-state index is 13.0. The minimum Gasteiger partial charge on any atom is -0.478 e. The molecule has 2 N–H and O–H groups in total. The highest BCUT2D eigenvalue weighted by molar-refractivity contribution is 7.89. The summed E-state index contributed by atoms with van der Waals surface area (Å²) in [6.07, 6.45) is -0.407. The lowest BCUT2D eigenvalue weighted by Crippen LogP contribution is -2.48. The van der Waals surface area contributed by atoms with E-state index in [1.807, 2.05) is 13.8 Å². The summed E-state index contributed by atoms with van der Waals surface area (Å²) in [5, 5.41) is 11.8. The van der Waals surface area contributed by atoms with E-state index >= 15 is 0 Å². The molecule has 2 atom stereocenters. The Kier molecular flexibility index (Phi) is 6.55. The van der Waals surface area contributed by atoms with Crippen LogP contribution in [-0.2, 0) is 14.8 Å². The molecule has 1 fully saturated rings. The van der Waals surface area contributed by atoms with E-state index in [-0.39, 0.29) is 53.6 Å². The zero-order valence-electron chi connectivity index (χ0n) is 16.7. The molecule has 1 aliphatic rings.